The van der Waals surface area contributed by atoms with Crippen LogP contribution in [0.25, 0.3) is 6.08 Å². The highest BCUT2D eigenvalue weighted by atomic mass is 127. The molecule has 9 heteroatoms. The fraction of sp³-hybridized carbons (Fsp3) is 0.185. The van der Waals surface area contributed by atoms with Crippen molar-refractivity contribution in [1.29, 1.82) is 0 Å². The first kappa shape index (κ1) is 26.0. The van der Waals surface area contributed by atoms with E-state index in [0.717, 1.165) is 26.1 Å². The zero-order chi connectivity index (χ0) is 25.5. The number of halogens is 2. The second-order valence-corrected chi connectivity index (χ2v) is 9.78. The minimum atomic E-state index is -0.290. The van der Waals surface area contributed by atoms with Gasteiger partial charge in [0.15, 0.2) is 16.7 Å². The Hall–Kier alpha value is -3.05. The highest BCUT2D eigenvalue weighted by molar-refractivity contribution is 14.1. The molecule has 4 rings (SSSR count). The lowest BCUT2D eigenvalue weighted by atomic mass is 10.1. The summed E-state index contributed by atoms with van der Waals surface area (Å²) < 4.78 is 31.3. The average molecular weight is 618 g/mol. The van der Waals surface area contributed by atoms with Crippen molar-refractivity contribution in [3.63, 3.8) is 0 Å². The van der Waals surface area contributed by atoms with E-state index in [1.807, 2.05) is 50.2 Å². The molecule has 1 N–H and O–H groups in total. The summed E-state index contributed by atoms with van der Waals surface area (Å²) in [5.74, 6) is 1.45. The third kappa shape index (κ3) is 6.79. The van der Waals surface area contributed by atoms with Gasteiger partial charge in [-0.05, 0) is 114 Å². The van der Waals surface area contributed by atoms with Crippen LogP contribution in [-0.2, 0) is 11.4 Å². The molecule has 1 fully saturated rings. The number of ether oxygens (including phenoxy) is 3. The number of nitrogens with one attached hydrogen (secondary N) is 1. The number of hydrogen-bond acceptors (Lipinski definition) is 6. The first-order valence-corrected chi connectivity index (χ1v) is 13.2. The Labute approximate surface area is 227 Å². The van der Waals surface area contributed by atoms with Gasteiger partial charge in [-0.25, -0.2) is 9.38 Å². The number of amidine groups is 1. The lowest BCUT2D eigenvalue weighted by Crippen LogP contribution is -2.19. The second-order valence-electron chi connectivity index (χ2n) is 7.59. The number of carbonyl (C=O) groups is 1. The fourth-order valence-electron chi connectivity index (χ4n) is 3.34. The molecule has 1 aliphatic rings. The number of carbonyl (C=O) groups excluding carboxylic acids is 1. The highest BCUT2D eigenvalue weighted by Gasteiger charge is 2.24. The van der Waals surface area contributed by atoms with Crippen molar-refractivity contribution in [2.75, 3.05) is 13.2 Å². The number of rotatable bonds is 9. The summed E-state index contributed by atoms with van der Waals surface area (Å²) in [6.45, 7) is 5.15. The molecule has 36 heavy (non-hydrogen) atoms. The molecule has 1 saturated heterocycles. The smallest absolute Gasteiger partial charge is 0.264 e. The standard InChI is InChI=1S/C27H24FIN2O4S/c1-3-33-21-11-9-20(10-12-21)30-27-31-26(32)24(36-27)15-18-13-22(29)25(23(14-18)34-4-2)35-16-17-5-7-19(28)8-6-17/h5-15H,3-4,16H2,1-2H3,(H,30,31,32)/b24-15+. The number of thioether (sulfide) groups is 1. The van der Waals surface area contributed by atoms with Crippen molar-refractivity contribution in [1.82, 2.24) is 5.32 Å². The van der Waals surface area contributed by atoms with Crippen molar-refractivity contribution in [3.8, 4) is 17.2 Å². The zero-order valence-corrected chi connectivity index (χ0v) is 22.7. The normalized spacial score (nSPS) is 15.3. The van der Waals surface area contributed by atoms with Crippen molar-refractivity contribution in [2.24, 2.45) is 4.99 Å². The monoisotopic (exact) mass is 618 g/mol. The third-order valence-electron chi connectivity index (χ3n) is 4.96. The number of amides is 1. The van der Waals surface area contributed by atoms with E-state index in [1.165, 1.54) is 23.9 Å². The van der Waals surface area contributed by atoms with E-state index in [0.29, 0.717) is 34.8 Å². The van der Waals surface area contributed by atoms with E-state index in [-0.39, 0.29) is 18.3 Å². The molecule has 0 aromatic heterocycles. The number of nitrogens with zero attached hydrogens (tertiary/aromatic N) is 1. The molecule has 186 valence electrons. The summed E-state index contributed by atoms with van der Waals surface area (Å²) in [4.78, 5) is 17.6. The highest BCUT2D eigenvalue weighted by Crippen LogP contribution is 2.37. The predicted molar refractivity (Wildman–Crippen MR) is 149 cm³/mol. The van der Waals surface area contributed by atoms with Gasteiger partial charge in [-0.2, -0.15) is 0 Å². The summed E-state index contributed by atoms with van der Waals surface area (Å²) in [7, 11) is 0. The maximum Gasteiger partial charge on any atom is 0.264 e. The lowest BCUT2D eigenvalue weighted by molar-refractivity contribution is -0.115. The Kier molecular flexibility index (Phi) is 8.87. The van der Waals surface area contributed by atoms with Gasteiger partial charge in [-0.15, -0.1) is 0 Å². The Morgan fingerprint density at radius 2 is 1.72 bits per heavy atom. The predicted octanol–water partition coefficient (Wildman–Crippen LogP) is 6.70. The van der Waals surface area contributed by atoms with Crippen LogP contribution in [0.15, 0.2) is 70.6 Å². The van der Waals surface area contributed by atoms with Crippen molar-refractivity contribution >= 4 is 57.2 Å². The molecular formula is C27H24FIN2O4S. The lowest BCUT2D eigenvalue weighted by Gasteiger charge is -2.15. The molecule has 1 amide bonds. The molecule has 0 spiro atoms. The zero-order valence-electron chi connectivity index (χ0n) is 19.7. The van der Waals surface area contributed by atoms with Gasteiger partial charge >= 0.3 is 0 Å². The minimum absolute atomic E-state index is 0.214. The molecule has 0 bridgehead atoms. The molecule has 0 unspecified atom stereocenters. The number of hydrogen-bond donors (Lipinski definition) is 1. The maximum absolute atomic E-state index is 13.2. The topological polar surface area (TPSA) is 69.2 Å². The molecule has 3 aromatic carbocycles. The quantitative estimate of drug-likeness (QED) is 0.214. The fourth-order valence-corrected chi connectivity index (χ4v) is 4.97. The van der Waals surface area contributed by atoms with Crippen molar-refractivity contribution < 1.29 is 23.4 Å². The number of benzene rings is 3. The molecule has 1 aliphatic heterocycles. The van der Waals surface area contributed by atoms with Gasteiger partial charge in [0.1, 0.15) is 18.2 Å². The molecule has 6 nitrogen and oxygen atoms in total. The molecule has 3 aromatic rings. The van der Waals surface area contributed by atoms with Gasteiger partial charge in [0.05, 0.1) is 27.4 Å². The van der Waals surface area contributed by atoms with Crippen LogP contribution >= 0.6 is 34.4 Å². The molecule has 0 atom stereocenters. The largest absolute Gasteiger partial charge is 0.494 e. The molecule has 0 radical (unpaired) electrons. The van der Waals surface area contributed by atoms with Crippen LogP contribution in [0.4, 0.5) is 10.1 Å². The summed E-state index contributed by atoms with van der Waals surface area (Å²) in [6, 6.07) is 17.3. The average Bonchev–Trinajstić information content (AvgIpc) is 3.19. The molecule has 0 saturated carbocycles. The van der Waals surface area contributed by atoms with E-state index in [1.54, 1.807) is 18.2 Å². The van der Waals surface area contributed by atoms with E-state index in [4.69, 9.17) is 14.2 Å². The third-order valence-corrected chi connectivity index (χ3v) is 6.67. The Balaban J connectivity index is 1.51. The number of aliphatic imine (C=N–C) groups is 1. The van der Waals surface area contributed by atoms with Gasteiger partial charge in [0, 0.05) is 0 Å². The summed E-state index contributed by atoms with van der Waals surface area (Å²) in [5, 5.41) is 3.32. The van der Waals surface area contributed by atoms with Crippen LogP contribution in [0, 0.1) is 9.39 Å². The van der Waals surface area contributed by atoms with Gasteiger partial charge in [0.2, 0.25) is 0 Å². The molecule has 1 heterocycles. The van der Waals surface area contributed by atoms with E-state index >= 15 is 0 Å². The van der Waals surface area contributed by atoms with Crippen molar-refractivity contribution in [3.05, 3.63) is 86.1 Å². The van der Waals surface area contributed by atoms with Crippen LogP contribution < -0.4 is 19.5 Å². The summed E-state index contributed by atoms with van der Waals surface area (Å²) >= 11 is 3.46. The molecule has 0 aliphatic carbocycles. The van der Waals surface area contributed by atoms with Gasteiger partial charge in [0.25, 0.3) is 5.91 Å². The Morgan fingerprint density at radius 1 is 1.00 bits per heavy atom. The van der Waals surface area contributed by atoms with Crippen LogP contribution in [0.1, 0.15) is 25.0 Å². The maximum atomic E-state index is 13.2. The van der Waals surface area contributed by atoms with Crippen LogP contribution in [0.2, 0.25) is 0 Å². The Bertz CT molecular complexity index is 1290. The first-order chi connectivity index (χ1) is 17.4. The SMILES string of the molecule is CCOc1ccc(N=C2NC(=O)/C(=C\c3cc(I)c(OCc4ccc(F)cc4)c(OCC)c3)S2)cc1. The van der Waals surface area contributed by atoms with E-state index in [2.05, 4.69) is 32.9 Å². The van der Waals surface area contributed by atoms with E-state index in [9.17, 15) is 9.18 Å². The van der Waals surface area contributed by atoms with Gasteiger partial charge in [-0.3, -0.25) is 4.79 Å². The van der Waals surface area contributed by atoms with Crippen LogP contribution in [0.5, 0.6) is 17.2 Å². The van der Waals surface area contributed by atoms with Gasteiger partial charge < -0.3 is 19.5 Å². The van der Waals surface area contributed by atoms with Crippen molar-refractivity contribution in [2.45, 2.75) is 20.5 Å². The van der Waals surface area contributed by atoms with Gasteiger partial charge in [-0.1, -0.05) is 12.1 Å². The first-order valence-electron chi connectivity index (χ1n) is 11.3. The van der Waals surface area contributed by atoms with E-state index < -0.39 is 0 Å². The summed E-state index contributed by atoms with van der Waals surface area (Å²) in [5.41, 5.74) is 2.37. The minimum Gasteiger partial charge on any atom is -0.494 e. The second kappa shape index (κ2) is 12.3. The summed E-state index contributed by atoms with van der Waals surface area (Å²) in [6.07, 6.45) is 1.80. The Morgan fingerprint density at radius 3 is 2.42 bits per heavy atom. The van der Waals surface area contributed by atoms with Crippen LogP contribution in [-0.4, -0.2) is 24.3 Å². The molecular weight excluding hydrogens is 594 g/mol. The van der Waals surface area contributed by atoms with Crippen LogP contribution in [0.3, 0.4) is 0 Å².